The molecule has 1 rings (SSSR count). The zero-order valence-corrected chi connectivity index (χ0v) is 4.11. The molecule has 0 amide bonds. The Morgan fingerprint density at radius 2 is 2.50 bits per heavy atom. The van der Waals surface area contributed by atoms with Gasteiger partial charge in [0.05, 0.1) is 0 Å². The summed E-state index contributed by atoms with van der Waals surface area (Å²) in [5.41, 5.74) is -0.389. The third kappa shape index (κ3) is 0.726. The highest BCUT2D eigenvalue weighted by atomic mass is 16.1. The summed E-state index contributed by atoms with van der Waals surface area (Å²) in [4.78, 5) is 17.2. The second kappa shape index (κ2) is 1.73. The molecule has 0 aromatic carbocycles. The Labute approximate surface area is 45.8 Å². The van der Waals surface area contributed by atoms with E-state index in [-0.39, 0.29) is 5.69 Å². The second-order valence-electron chi connectivity index (χ2n) is 1.26. The van der Waals surface area contributed by atoms with Gasteiger partial charge in [0, 0.05) is 7.05 Å². The normalized spacial score (nSPS) is 9.12. The van der Waals surface area contributed by atoms with Gasteiger partial charge in [-0.2, -0.15) is 4.98 Å². The predicted molar refractivity (Wildman–Crippen MR) is 27.0 cm³/mol. The Balaban J connectivity index is 3.35. The molecule has 1 radical (unpaired) electrons. The van der Waals surface area contributed by atoms with E-state index in [0.29, 0.717) is 0 Å². The molecule has 1 aromatic heterocycles. The molecular weight excluding hydrogens is 106 g/mol. The van der Waals surface area contributed by atoms with Gasteiger partial charge in [0.2, 0.25) is 0 Å². The third-order valence-electron chi connectivity index (χ3n) is 0.687. The van der Waals surface area contributed by atoms with Crippen LogP contribution in [0.2, 0.25) is 0 Å². The van der Waals surface area contributed by atoms with Crippen molar-refractivity contribution in [1.29, 1.82) is 0 Å². The van der Waals surface area contributed by atoms with E-state index in [1.165, 1.54) is 12.7 Å². The molecule has 0 aliphatic carbocycles. The molecule has 4 heteroatoms. The molecule has 0 saturated heterocycles. The summed E-state index contributed by atoms with van der Waals surface area (Å²) >= 11 is 0. The highest BCUT2D eigenvalue weighted by molar-refractivity contribution is 4.65. The van der Waals surface area contributed by atoms with Gasteiger partial charge in [0.25, 0.3) is 0 Å². The first kappa shape index (κ1) is 4.96. The van der Waals surface area contributed by atoms with Crippen LogP contribution in [0.3, 0.4) is 0 Å². The molecular formula is C4H4N3O. The molecule has 1 aromatic rings. The minimum absolute atomic E-state index is 0.389. The Morgan fingerprint density at radius 3 is 2.88 bits per heavy atom. The van der Waals surface area contributed by atoms with Crippen LogP contribution in [0.1, 0.15) is 0 Å². The Kier molecular flexibility index (Phi) is 1.07. The quantitative estimate of drug-likeness (QED) is 0.442. The number of rotatable bonds is 0. The highest BCUT2D eigenvalue weighted by Crippen LogP contribution is 1.61. The van der Waals surface area contributed by atoms with E-state index in [1.807, 2.05) is 0 Å². The van der Waals surface area contributed by atoms with Crippen molar-refractivity contribution in [3.63, 3.8) is 0 Å². The zero-order chi connectivity index (χ0) is 5.98. The molecule has 0 unspecified atom stereocenters. The van der Waals surface area contributed by atoms with E-state index >= 15 is 0 Å². The first-order chi connectivity index (χ1) is 3.80. The topological polar surface area (TPSA) is 47.8 Å². The van der Waals surface area contributed by atoms with Crippen LogP contribution in [0.15, 0.2) is 17.4 Å². The molecule has 0 bridgehead atoms. The Morgan fingerprint density at radius 1 is 1.75 bits per heavy atom. The van der Waals surface area contributed by atoms with Crippen molar-refractivity contribution in [3.05, 3.63) is 30.2 Å². The summed E-state index contributed by atoms with van der Waals surface area (Å²) in [5.74, 6) is 0. The van der Waals surface area contributed by atoms with Crippen LogP contribution in [0.4, 0.5) is 0 Å². The number of aromatic nitrogens is 3. The van der Waals surface area contributed by atoms with Crippen molar-refractivity contribution in [2.75, 3.05) is 0 Å². The van der Waals surface area contributed by atoms with Gasteiger partial charge < -0.3 is 0 Å². The van der Waals surface area contributed by atoms with E-state index in [9.17, 15) is 4.79 Å². The standard InChI is InChI=1S/C4H4N3O/c1-7-3-5-2-6-4(7)8/h2-3H,1H2. The summed E-state index contributed by atoms with van der Waals surface area (Å²) in [7, 11) is 3.30. The van der Waals surface area contributed by atoms with Crippen molar-refractivity contribution >= 4 is 0 Å². The molecule has 1 heterocycles. The van der Waals surface area contributed by atoms with Crippen molar-refractivity contribution < 1.29 is 0 Å². The first-order valence-corrected chi connectivity index (χ1v) is 2.00. The van der Waals surface area contributed by atoms with Gasteiger partial charge in [-0.3, -0.25) is 4.57 Å². The fourth-order valence-electron chi connectivity index (χ4n) is 0.317. The summed E-state index contributed by atoms with van der Waals surface area (Å²) < 4.78 is 1.06. The fraction of sp³-hybridized carbons (Fsp3) is 0. The highest BCUT2D eigenvalue weighted by Gasteiger charge is 1.82. The molecule has 0 aliphatic rings. The van der Waals surface area contributed by atoms with Crippen LogP contribution in [-0.2, 0) is 0 Å². The maximum Gasteiger partial charge on any atom is 0.350 e. The molecule has 0 saturated carbocycles. The van der Waals surface area contributed by atoms with Gasteiger partial charge in [-0.15, -0.1) is 0 Å². The minimum Gasteiger partial charge on any atom is -0.281 e. The van der Waals surface area contributed by atoms with E-state index in [0.717, 1.165) is 4.57 Å². The third-order valence-corrected chi connectivity index (χ3v) is 0.687. The van der Waals surface area contributed by atoms with Crippen LogP contribution in [-0.4, -0.2) is 14.5 Å². The second-order valence-corrected chi connectivity index (χ2v) is 1.26. The molecule has 0 spiro atoms. The SMILES string of the molecule is [CH2]n1cncnc1=O. The minimum atomic E-state index is -0.389. The number of hydrogen-bond donors (Lipinski definition) is 0. The first-order valence-electron chi connectivity index (χ1n) is 2.00. The molecule has 41 valence electrons. The van der Waals surface area contributed by atoms with Crippen molar-refractivity contribution in [2.24, 2.45) is 0 Å². The zero-order valence-electron chi connectivity index (χ0n) is 4.11. The van der Waals surface area contributed by atoms with Crippen molar-refractivity contribution in [2.45, 2.75) is 0 Å². The van der Waals surface area contributed by atoms with E-state index in [4.69, 9.17) is 0 Å². The lowest BCUT2D eigenvalue weighted by Crippen LogP contribution is -2.17. The lowest BCUT2D eigenvalue weighted by molar-refractivity contribution is 0.855. The Hall–Kier alpha value is -1.19. The predicted octanol–water partition coefficient (Wildman–Crippen LogP) is -0.722. The van der Waals surface area contributed by atoms with Crippen molar-refractivity contribution in [3.8, 4) is 0 Å². The summed E-state index contributed by atoms with van der Waals surface area (Å²) in [5, 5.41) is 0. The van der Waals surface area contributed by atoms with Gasteiger partial charge in [0.15, 0.2) is 0 Å². The van der Waals surface area contributed by atoms with Gasteiger partial charge in [0.1, 0.15) is 12.7 Å². The van der Waals surface area contributed by atoms with E-state index in [1.54, 1.807) is 0 Å². The lowest BCUT2D eigenvalue weighted by atomic mass is 11.0. The molecule has 4 nitrogen and oxygen atoms in total. The summed E-state index contributed by atoms with van der Waals surface area (Å²) in [6.45, 7) is 0. The molecule has 0 N–H and O–H groups in total. The Bertz CT molecular complexity index is 229. The van der Waals surface area contributed by atoms with Crippen molar-refractivity contribution in [1.82, 2.24) is 14.5 Å². The van der Waals surface area contributed by atoms with E-state index < -0.39 is 0 Å². The van der Waals surface area contributed by atoms with Crippen LogP contribution < -0.4 is 5.69 Å². The van der Waals surface area contributed by atoms with Crippen LogP contribution in [0, 0.1) is 7.05 Å². The largest absolute Gasteiger partial charge is 0.350 e. The van der Waals surface area contributed by atoms with Gasteiger partial charge in [-0.1, -0.05) is 0 Å². The average molecular weight is 110 g/mol. The maximum atomic E-state index is 10.4. The summed E-state index contributed by atoms with van der Waals surface area (Å²) in [6.07, 6.45) is 2.49. The number of hydrogen-bond acceptors (Lipinski definition) is 3. The molecule has 0 atom stereocenters. The molecule has 8 heavy (non-hydrogen) atoms. The molecule has 0 fully saturated rings. The number of nitrogens with zero attached hydrogens (tertiary/aromatic N) is 3. The lowest BCUT2D eigenvalue weighted by Gasteiger charge is -1.86. The van der Waals surface area contributed by atoms with Gasteiger partial charge in [-0.05, 0) is 0 Å². The van der Waals surface area contributed by atoms with Crippen LogP contribution in [0.25, 0.3) is 0 Å². The van der Waals surface area contributed by atoms with Gasteiger partial charge >= 0.3 is 5.69 Å². The van der Waals surface area contributed by atoms with Crippen LogP contribution in [0.5, 0.6) is 0 Å². The maximum absolute atomic E-state index is 10.4. The monoisotopic (exact) mass is 110 g/mol. The molecule has 0 aliphatic heterocycles. The smallest absolute Gasteiger partial charge is 0.281 e. The van der Waals surface area contributed by atoms with E-state index in [2.05, 4.69) is 17.0 Å². The summed E-state index contributed by atoms with van der Waals surface area (Å²) in [6, 6.07) is 0. The van der Waals surface area contributed by atoms with Crippen LogP contribution >= 0.6 is 0 Å². The average Bonchev–Trinajstić information content (AvgIpc) is 1.77. The van der Waals surface area contributed by atoms with Gasteiger partial charge in [-0.25, -0.2) is 9.78 Å². The fourth-order valence-corrected chi connectivity index (χ4v) is 0.317.